The third kappa shape index (κ3) is 4.86. The van der Waals surface area contributed by atoms with Crippen LogP contribution in [0.25, 0.3) is 5.65 Å². The monoisotopic (exact) mass is 508 g/mol. The van der Waals surface area contributed by atoms with Crippen LogP contribution in [0.4, 0.5) is 27.6 Å². The summed E-state index contributed by atoms with van der Waals surface area (Å²) in [4.78, 5) is 16.7. The van der Waals surface area contributed by atoms with Gasteiger partial charge < -0.3 is 14.8 Å². The number of fused-ring (bicyclic) bond motifs is 1. The van der Waals surface area contributed by atoms with E-state index >= 15 is 0 Å². The van der Waals surface area contributed by atoms with E-state index in [0.29, 0.717) is 4.52 Å². The molecule has 0 aliphatic rings. The zero-order chi connectivity index (χ0) is 22.9. The first-order chi connectivity index (χ1) is 14.5. The van der Waals surface area contributed by atoms with E-state index in [1.165, 1.54) is 19.1 Å². The molecule has 0 fully saturated rings. The third-order valence-electron chi connectivity index (χ3n) is 3.88. The van der Waals surface area contributed by atoms with E-state index in [2.05, 4.69) is 36.1 Å². The minimum Gasteiger partial charge on any atom is -0.490 e. The summed E-state index contributed by atoms with van der Waals surface area (Å²) in [5, 5.41) is 6.19. The average Bonchev–Trinajstić information content (AvgIpc) is 2.99. The molecule has 2 heterocycles. The highest BCUT2D eigenvalue weighted by Gasteiger charge is 2.36. The number of aromatic nitrogens is 3. The van der Waals surface area contributed by atoms with Crippen LogP contribution in [0.1, 0.15) is 28.8 Å². The van der Waals surface area contributed by atoms with Gasteiger partial charge in [0.25, 0.3) is 5.91 Å². The number of aryl methyl sites for hydroxylation is 1. The molecule has 0 aliphatic carbocycles. The summed E-state index contributed by atoms with van der Waals surface area (Å²) in [6.07, 6.45) is -4.72. The lowest BCUT2D eigenvalue weighted by molar-refractivity contribution is -0.142. The summed E-state index contributed by atoms with van der Waals surface area (Å²) in [5.41, 5.74) is -1.42. The Balaban J connectivity index is 1.97. The predicted octanol–water partition coefficient (Wildman–Crippen LogP) is 5.07. The van der Waals surface area contributed by atoms with Gasteiger partial charge in [-0.25, -0.2) is 9.50 Å². The van der Waals surface area contributed by atoms with Crippen molar-refractivity contribution in [3.05, 3.63) is 45.8 Å². The Kier molecular flexibility index (Phi) is 6.34. The standard InChI is InChI=1S/C18H14BrF5N4O3/c1-3-30-11-7-9(4-5-10(11)31-17(20)21)26-16(29)14-13(19)15-25-8(2)6-12(18(22,23)24)28(15)27-14/h4-7,17H,3H2,1-2H3,(H,26,29). The number of hydrogen-bond donors (Lipinski definition) is 1. The van der Waals surface area contributed by atoms with Gasteiger partial charge in [-0.3, -0.25) is 4.79 Å². The summed E-state index contributed by atoms with van der Waals surface area (Å²) in [5.74, 6) is -1.14. The number of nitrogens with one attached hydrogen (secondary N) is 1. The van der Waals surface area contributed by atoms with Crippen molar-refractivity contribution in [2.75, 3.05) is 11.9 Å². The second-order valence-electron chi connectivity index (χ2n) is 6.11. The van der Waals surface area contributed by atoms with Crippen LogP contribution in [0, 0.1) is 6.92 Å². The molecule has 0 radical (unpaired) electrons. The number of halogens is 6. The summed E-state index contributed by atoms with van der Waals surface area (Å²) in [7, 11) is 0. The maximum atomic E-state index is 13.3. The Bertz CT molecular complexity index is 1130. The molecule has 7 nitrogen and oxygen atoms in total. The Hall–Kier alpha value is -2.96. The van der Waals surface area contributed by atoms with Crippen molar-refractivity contribution in [3.8, 4) is 11.5 Å². The van der Waals surface area contributed by atoms with Crippen molar-refractivity contribution in [1.29, 1.82) is 0 Å². The zero-order valence-electron chi connectivity index (χ0n) is 15.9. The van der Waals surface area contributed by atoms with Crippen LogP contribution in [0.2, 0.25) is 0 Å². The maximum absolute atomic E-state index is 13.3. The lowest BCUT2D eigenvalue weighted by Gasteiger charge is -2.13. The fraction of sp³-hybridized carbons (Fsp3) is 0.278. The second-order valence-corrected chi connectivity index (χ2v) is 6.90. The summed E-state index contributed by atoms with van der Waals surface area (Å²) in [6, 6.07) is 4.49. The van der Waals surface area contributed by atoms with Gasteiger partial charge in [0.15, 0.2) is 22.8 Å². The number of hydrogen-bond acceptors (Lipinski definition) is 5. The molecule has 31 heavy (non-hydrogen) atoms. The van der Waals surface area contributed by atoms with Gasteiger partial charge in [0.1, 0.15) is 5.69 Å². The predicted molar refractivity (Wildman–Crippen MR) is 103 cm³/mol. The van der Waals surface area contributed by atoms with Crippen LogP contribution in [0.15, 0.2) is 28.7 Å². The maximum Gasteiger partial charge on any atom is 0.433 e. The van der Waals surface area contributed by atoms with Crippen LogP contribution >= 0.6 is 15.9 Å². The van der Waals surface area contributed by atoms with E-state index in [1.807, 2.05) is 0 Å². The molecule has 166 valence electrons. The minimum atomic E-state index is -4.72. The molecule has 1 amide bonds. The molecule has 1 aromatic carbocycles. The van der Waals surface area contributed by atoms with Crippen LogP contribution in [-0.4, -0.2) is 33.7 Å². The molecule has 0 aliphatic heterocycles. The van der Waals surface area contributed by atoms with Gasteiger partial charge >= 0.3 is 12.8 Å². The average molecular weight is 509 g/mol. The highest BCUT2D eigenvalue weighted by atomic mass is 79.9. The molecule has 2 aromatic heterocycles. The van der Waals surface area contributed by atoms with Crippen LogP contribution in [-0.2, 0) is 6.18 Å². The topological polar surface area (TPSA) is 77.8 Å². The van der Waals surface area contributed by atoms with E-state index in [9.17, 15) is 26.7 Å². The highest BCUT2D eigenvalue weighted by Crippen LogP contribution is 2.34. The van der Waals surface area contributed by atoms with Crippen molar-refractivity contribution in [2.45, 2.75) is 26.6 Å². The highest BCUT2D eigenvalue weighted by molar-refractivity contribution is 9.10. The van der Waals surface area contributed by atoms with E-state index < -0.39 is 24.4 Å². The number of nitrogens with zero attached hydrogens (tertiary/aromatic N) is 3. The quantitative estimate of drug-likeness (QED) is 0.470. The lowest BCUT2D eigenvalue weighted by Crippen LogP contribution is -2.16. The Morgan fingerprint density at radius 2 is 1.97 bits per heavy atom. The molecule has 0 atom stereocenters. The second kappa shape index (κ2) is 8.65. The molecular weight excluding hydrogens is 495 g/mol. The van der Waals surface area contributed by atoms with Crippen molar-refractivity contribution < 1.29 is 36.2 Å². The van der Waals surface area contributed by atoms with Crippen LogP contribution in [0.3, 0.4) is 0 Å². The van der Waals surface area contributed by atoms with Crippen molar-refractivity contribution in [1.82, 2.24) is 14.6 Å². The first-order valence-electron chi connectivity index (χ1n) is 8.67. The number of anilines is 1. The fourth-order valence-corrected chi connectivity index (χ4v) is 3.21. The smallest absolute Gasteiger partial charge is 0.433 e. The lowest BCUT2D eigenvalue weighted by atomic mass is 10.2. The van der Waals surface area contributed by atoms with Crippen LogP contribution < -0.4 is 14.8 Å². The van der Waals surface area contributed by atoms with E-state index in [-0.39, 0.29) is 45.3 Å². The van der Waals surface area contributed by atoms with Gasteiger partial charge in [-0.15, -0.1) is 0 Å². The van der Waals surface area contributed by atoms with Gasteiger partial charge in [0.05, 0.1) is 11.1 Å². The van der Waals surface area contributed by atoms with E-state index in [1.54, 1.807) is 6.92 Å². The van der Waals surface area contributed by atoms with E-state index in [4.69, 9.17) is 4.74 Å². The summed E-state index contributed by atoms with van der Waals surface area (Å²) in [6.45, 7) is 0.0677. The van der Waals surface area contributed by atoms with Crippen LogP contribution in [0.5, 0.6) is 11.5 Å². The third-order valence-corrected chi connectivity index (χ3v) is 4.61. The van der Waals surface area contributed by atoms with Crippen molar-refractivity contribution in [3.63, 3.8) is 0 Å². The number of alkyl halides is 5. The molecule has 0 saturated heterocycles. The van der Waals surface area contributed by atoms with Crippen molar-refractivity contribution in [2.24, 2.45) is 0 Å². The molecule has 0 saturated carbocycles. The molecule has 1 N–H and O–H groups in total. The number of carbonyl (C=O) groups excluding carboxylic acids is 1. The molecule has 3 rings (SSSR count). The fourth-order valence-electron chi connectivity index (χ4n) is 2.70. The first kappa shape index (κ1) is 22.7. The summed E-state index contributed by atoms with van der Waals surface area (Å²) < 4.78 is 75.1. The summed E-state index contributed by atoms with van der Waals surface area (Å²) >= 11 is 3.08. The van der Waals surface area contributed by atoms with Gasteiger partial charge in [0, 0.05) is 17.4 Å². The number of benzene rings is 1. The zero-order valence-corrected chi connectivity index (χ0v) is 17.5. The molecule has 0 unspecified atom stereocenters. The first-order valence-corrected chi connectivity index (χ1v) is 9.46. The SMILES string of the molecule is CCOc1cc(NC(=O)c2nn3c(C(F)(F)F)cc(C)nc3c2Br)ccc1OC(F)F. The number of rotatable bonds is 6. The van der Waals surface area contributed by atoms with E-state index in [0.717, 1.165) is 12.1 Å². The Morgan fingerprint density at radius 3 is 2.58 bits per heavy atom. The molecule has 0 bridgehead atoms. The van der Waals surface area contributed by atoms with Gasteiger partial charge in [-0.2, -0.15) is 27.1 Å². The molecule has 3 aromatic rings. The number of carbonyl (C=O) groups is 1. The number of ether oxygens (including phenoxy) is 2. The molecular formula is C18H14BrF5N4O3. The van der Waals surface area contributed by atoms with Gasteiger partial charge in [-0.05, 0) is 48.0 Å². The van der Waals surface area contributed by atoms with Gasteiger partial charge in [-0.1, -0.05) is 0 Å². The normalized spacial score (nSPS) is 11.8. The minimum absolute atomic E-state index is 0.0399. The molecule has 0 spiro atoms. The Morgan fingerprint density at radius 1 is 1.26 bits per heavy atom. The largest absolute Gasteiger partial charge is 0.490 e. The number of amides is 1. The Labute approximate surface area is 180 Å². The van der Waals surface area contributed by atoms with Gasteiger partial charge in [0.2, 0.25) is 0 Å². The van der Waals surface area contributed by atoms with Crippen molar-refractivity contribution >= 4 is 33.2 Å². The molecule has 13 heteroatoms.